The van der Waals surface area contributed by atoms with E-state index in [4.69, 9.17) is 5.73 Å². The summed E-state index contributed by atoms with van der Waals surface area (Å²) in [6.07, 6.45) is 3.56. The third kappa shape index (κ3) is 2.18. The quantitative estimate of drug-likeness (QED) is 0.770. The fourth-order valence-corrected chi connectivity index (χ4v) is 2.51. The molecule has 0 bridgehead atoms. The summed E-state index contributed by atoms with van der Waals surface area (Å²) >= 11 is 0. The maximum Gasteiger partial charge on any atom is 0.255 e. The maximum absolute atomic E-state index is 12.4. The molecule has 5 nitrogen and oxygen atoms in total. The highest BCUT2D eigenvalue weighted by atomic mass is 16.3. The number of nitrogens with zero attached hydrogens (tertiary/aromatic N) is 2. The third-order valence-electron chi connectivity index (χ3n) is 3.57. The minimum atomic E-state index is -0.137. The molecule has 0 spiro atoms. The van der Waals surface area contributed by atoms with Crippen molar-refractivity contribution in [1.82, 2.24) is 9.88 Å². The highest BCUT2D eigenvalue weighted by Crippen LogP contribution is 2.25. The Kier molecular flexibility index (Phi) is 3.02. The Balaban J connectivity index is 1.87. The molecule has 1 aromatic heterocycles. The van der Waals surface area contributed by atoms with Gasteiger partial charge in [-0.2, -0.15) is 0 Å². The van der Waals surface area contributed by atoms with E-state index in [0.29, 0.717) is 24.3 Å². The lowest BCUT2D eigenvalue weighted by Gasteiger charge is -2.29. The van der Waals surface area contributed by atoms with Crippen LogP contribution in [0.4, 0.5) is 5.69 Å². The molecule has 3 N–H and O–H groups in total. The summed E-state index contributed by atoms with van der Waals surface area (Å²) in [6, 6.07) is 7.26. The van der Waals surface area contributed by atoms with E-state index in [1.54, 1.807) is 4.90 Å². The van der Waals surface area contributed by atoms with Crippen LogP contribution in [0.15, 0.2) is 36.7 Å². The number of aromatic hydroxyl groups is 1. The Labute approximate surface area is 116 Å². The van der Waals surface area contributed by atoms with E-state index in [-0.39, 0.29) is 11.7 Å². The molecule has 1 aromatic carbocycles. The number of amides is 1. The van der Waals surface area contributed by atoms with Gasteiger partial charge in [0.2, 0.25) is 0 Å². The molecule has 20 heavy (non-hydrogen) atoms. The lowest BCUT2D eigenvalue weighted by atomic mass is 9.98. The third-order valence-corrected chi connectivity index (χ3v) is 3.57. The largest absolute Gasteiger partial charge is 0.506 e. The predicted molar refractivity (Wildman–Crippen MR) is 75.2 cm³/mol. The average molecular weight is 269 g/mol. The first-order valence-electron chi connectivity index (χ1n) is 6.44. The van der Waals surface area contributed by atoms with Crippen LogP contribution in [0.2, 0.25) is 0 Å². The number of benzene rings is 1. The average Bonchev–Trinajstić information content (AvgIpc) is 2.47. The van der Waals surface area contributed by atoms with Crippen LogP contribution in [0.3, 0.4) is 0 Å². The summed E-state index contributed by atoms with van der Waals surface area (Å²) in [5, 5.41) is 9.41. The van der Waals surface area contributed by atoms with Crippen LogP contribution in [-0.2, 0) is 13.0 Å². The highest BCUT2D eigenvalue weighted by molar-refractivity contribution is 5.94. The SMILES string of the molecule is Nc1cccc2c1CN(C(=O)c1cncc(O)c1)CC2. The molecular formula is C15H15N3O2. The van der Waals surface area contributed by atoms with Crippen LogP contribution in [0.5, 0.6) is 5.75 Å². The molecule has 102 valence electrons. The number of carbonyl (C=O) groups excluding carboxylic acids is 1. The lowest BCUT2D eigenvalue weighted by Crippen LogP contribution is -2.36. The summed E-state index contributed by atoms with van der Waals surface area (Å²) in [5.74, 6) is -0.143. The second kappa shape index (κ2) is 4.85. The zero-order chi connectivity index (χ0) is 14.1. The Hall–Kier alpha value is -2.56. The number of anilines is 1. The summed E-state index contributed by atoms with van der Waals surface area (Å²) in [4.78, 5) is 18.0. The topological polar surface area (TPSA) is 79.5 Å². The number of carbonyl (C=O) groups is 1. The minimum absolute atomic E-state index is 0.00669. The van der Waals surface area contributed by atoms with Crippen LogP contribution in [-0.4, -0.2) is 27.4 Å². The highest BCUT2D eigenvalue weighted by Gasteiger charge is 2.23. The predicted octanol–water partition coefficient (Wildman–Crippen LogP) is 1.57. The van der Waals surface area contributed by atoms with E-state index in [0.717, 1.165) is 12.0 Å². The number of rotatable bonds is 1. The second-order valence-electron chi connectivity index (χ2n) is 4.89. The van der Waals surface area contributed by atoms with Crippen LogP contribution < -0.4 is 5.73 Å². The van der Waals surface area contributed by atoms with Crippen molar-refractivity contribution in [2.45, 2.75) is 13.0 Å². The van der Waals surface area contributed by atoms with E-state index in [2.05, 4.69) is 4.98 Å². The van der Waals surface area contributed by atoms with Gasteiger partial charge in [-0.3, -0.25) is 9.78 Å². The first kappa shape index (κ1) is 12.5. The Morgan fingerprint density at radius 3 is 3.00 bits per heavy atom. The molecule has 2 aromatic rings. The first-order valence-corrected chi connectivity index (χ1v) is 6.44. The van der Waals surface area contributed by atoms with E-state index < -0.39 is 0 Å². The number of pyridine rings is 1. The number of nitrogens with two attached hydrogens (primary N) is 1. The minimum Gasteiger partial charge on any atom is -0.506 e. The fraction of sp³-hybridized carbons (Fsp3) is 0.200. The number of aromatic nitrogens is 1. The van der Waals surface area contributed by atoms with Crippen LogP contribution in [0.1, 0.15) is 21.5 Å². The second-order valence-corrected chi connectivity index (χ2v) is 4.89. The number of fused-ring (bicyclic) bond motifs is 1. The van der Waals surface area contributed by atoms with Gasteiger partial charge in [-0.25, -0.2) is 0 Å². The van der Waals surface area contributed by atoms with E-state index in [1.165, 1.54) is 24.0 Å². The zero-order valence-electron chi connectivity index (χ0n) is 10.9. The van der Waals surface area contributed by atoms with Crippen LogP contribution in [0, 0.1) is 0 Å². The van der Waals surface area contributed by atoms with Gasteiger partial charge in [0, 0.05) is 25.0 Å². The van der Waals surface area contributed by atoms with Gasteiger partial charge < -0.3 is 15.7 Å². The van der Waals surface area contributed by atoms with Gasteiger partial charge in [0.25, 0.3) is 5.91 Å². The molecule has 1 aliphatic heterocycles. The zero-order valence-corrected chi connectivity index (χ0v) is 10.9. The van der Waals surface area contributed by atoms with Crippen molar-refractivity contribution in [2.75, 3.05) is 12.3 Å². The number of hydrogen-bond donors (Lipinski definition) is 2. The molecule has 1 aliphatic rings. The van der Waals surface area contributed by atoms with Crippen molar-refractivity contribution in [3.05, 3.63) is 53.3 Å². The van der Waals surface area contributed by atoms with E-state index >= 15 is 0 Å². The smallest absolute Gasteiger partial charge is 0.255 e. The van der Waals surface area contributed by atoms with Crippen molar-refractivity contribution in [2.24, 2.45) is 0 Å². The standard InChI is InChI=1S/C15H15N3O2/c16-14-3-1-2-10-4-5-18(9-13(10)14)15(20)11-6-12(19)8-17-7-11/h1-3,6-8,19H,4-5,9,16H2. The molecule has 0 radical (unpaired) electrons. The van der Waals surface area contributed by atoms with Crippen molar-refractivity contribution in [3.8, 4) is 5.75 Å². The molecule has 0 atom stereocenters. The molecule has 0 saturated carbocycles. The van der Waals surface area contributed by atoms with Gasteiger partial charge in [-0.15, -0.1) is 0 Å². The van der Waals surface area contributed by atoms with Gasteiger partial charge in [0.15, 0.2) is 0 Å². The molecule has 3 rings (SSSR count). The molecule has 2 heterocycles. The molecule has 1 amide bonds. The van der Waals surface area contributed by atoms with E-state index in [1.807, 2.05) is 18.2 Å². The van der Waals surface area contributed by atoms with Crippen LogP contribution >= 0.6 is 0 Å². The van der Waals surface area contributed by atoms with Crippen LogP contribution in [0.25, 0.3) is 0 Å². The molecular weight excluding hydrogens is 254 g/mol. The van der Waals surface area contributed by atoms with Crippen molar-refractivity contribution in [1.29, 1.82) is 0 Å². The number of hydrogen-bond acceptors (Lipinski definition) is 4. The summed E-state index contributed by atoms with van der Waals surface area (Å²) in [5.41, 5.74) is 9.30. The Morgan fingerprint density at radius 1 is 1.35 bits per heavy atom. The van der Waals surface area contributed by atoms with Crippen molar-refractivity contribution in [3.63, 3.8) is 0 Å². The molecule has 0 saturated heterocycles. The lowest BCUT2D eigenvalue weighted by molar-refractivity contribution is 0.0734. The van der Waals surface area contributed by atoms with Gasteiger partial charge in [0.05, 0.1) is 11.8 Å². The summed E-state index contributed by atoms with van der Waals surface area (Å²) in [6.45, 7) is 1.14. The molecule has 0 fully saturated rings. The van der Waals surface area contributed by atoms with Gasteiger partial charge in [-0.1, -0.05) is 12.1 Å². The normalized spacial score (nSPS) is 13.9. The molecule has 0 aliphatic carbocycles. The fourth-order valence-electron chi connectivity index (χ4n) is 2.51. The molecule has 0 unspecified atom stereocenters. The van der Waals surface area contributed by atoms with Gasteiger partial charge >= 0.3 is 0 Å². The van der Waals surface area contributed by atoms with E-state index in [9.17, 15) is 9.90 Å². The summed E-state index contributed by atoms with van der Waals surface area (Å²) < 4.78 is 0. The van der Waals surface area contributed by atoms with Gasteiger partial charge in [0.1, 0.15) is 5.75 Å². The van der Waals surface area contributed by atoms with Crippen molar-refractivity contribution >= 4 is 11.6 Å². The monoisotopic (exact) mass is 269 g/mol. The first-order chi connectivity index (χ1) is 9.65. The Bertz CT molecular complexity index is 670. The van der Waals surface area contributed by atoms with Gasteiger partial charge in [-0.05, 0) is 29.7 Å². The number of nitrogen functional groups attached to an aromatic ring is 1. The maximum atomic E-state index is 12.4. The van der Waals surface area contributed by atoms with Crippen molar-refractivity contribution < 1.29 is 9.90 Å². The Morgan fingerprint density at radius 2 is 2.20 bits per heavy atom. The molecule has 5 heteroatoms. The summed E-state index contributed by atoms with van der Waals surface area (Å²) in [7, 11) is 0.